The molecule has 0 unspecified atom stereocenters. The molecule has 2 aromatic heterocycles. The number of hydrogen-bond acceptors (Lipinski definition) is 9. The molecule has 0 aliphatic heterocycles. The maximum atomic E-state index is 12.6. The molecule has 0 radical (unpaired) electrons. The van der Waals surface area contributed by atoms with Crippen LogP contribution in [0, 0.1) is 14.1 Å². The summed E-state index contributed by atoms with van der Waals surface area (Å²) in [5.41, 5.74) is -3.22. The second-order valence-electron chi connectivity index (χ2n) is 7.51. The van der Waals surface area contributed by atoms with E-state index in [-0.39, 0.29) is 33.9 Å². The van der Waals surface area contributed by atoms with Gasteiger partial charge in [0.1, 0.15) is 11.4 Å². The van der Waals surface area contributed by atoms with Crippen LogP contribution in [0.2, 0.25) is 0 Å². The lowest BCUT2D eigenvalue weighted by Gasteiger charge is -2.08. The number of pyridine rings is 1. The Morgan fingerprint density at radius 2 is 1.77 bits per heavy atom. The zero-order valence-electron chi connectivity index (χ0n) is 20.4. The summed E-state index contributed by atoms with van der Waals surface area (Å²) in [4.78, 5) is 21.4. The number of benzene rings is 2. The minimum absolute atomic E-state index is 0.207. The molecule has 4 rings (SSSR count). The summed E-state index contributed by atoms with van der Waals surface area (Å²) in [6, 6.07) is 17.9. The lowest BCUT2D eigenvalue weighted by Crippen LogP contribution is -3.61. The molecule has 0 aliphatic carbocycles. The van der Waals surface area contributed by atoms with E-state index in [1.807, 2.05) is 31.2 Å². The zero-order valence-corrected chi connectivity index (χ0v) is 24.2. The Morgan fingerprint density at radius 3 is 2.36 bits per heavy atom. The van der Waals surface area contributed by atoms with Crippen LogP contribution in [-0.2, 0) is 14.9 Å². The number of carbonyl (C=O) groups is 1. The number of ether oxygens (including phenoxy) is 2. The van der Waals surface area contributed by atoms with Crippen LogP contribution in [0.4, 0.5) is 18.3 Å². The summed E-state index contributed by atoms with van der Waals surface area (Å²) in [5.74, 6) is 0.434. The number of thiazole rings is 1. The topological polar surface area (TPSA) is 131 Å². The molecular weight excluding hydrogens is 674 g/mol. The van der Waals surface area contributed by atoms with Crippen molar-refractivity contribution in [2.24, 2.45) is 0 Å². The maximum Gasteiger partial charge on any atom is 0.485 e. The van der Waals surface area contributed by atoms with Crippen molar-refractivity contribution in [3.8, 4) is 5.75 Å². The van der Waals surface area contributed by atoms with Crippen molar-refractivity contribution in [3.63, 3.8) is 0 Å². The van der Waals surface area contributed by atoms with Gasteiger partial charge in [0.05, 0.1) is 16.4 Å². The molecular formula is C24H21F3IN3O6S2. The largest absolute Gasteiger partial charge is 0.741 e. The molecule has 0 aliphatic rings. The number of nitrogens with one attached hydrogen (secondary N) is 1. The second kappa shape index (κ2) is 13.5. The average molecular weight is 695 g/mol. The quantitative estimate of drug-likeness (QED) is 0.0972. The lowest BCUT2D eigenvalue weighted by molar-refractivity contribution is -0.597. The summed E-state index contributed by atoms with van der Waals surface area (Å²) in [5, 5.41) is 3.37. The zero-order chi connectivity index (χ0) is 28.6. The number of nitrogens with zero attached hydrogens (tertiary/aromatic N) is 2. The Bertz CT molecular complexity index is 1510. The van der Waals surface area contributed by atoms with Crippen molar-refractivity contribution in [1.82, 2.24) is 9.97 Å². The van der Waals surface area contributed by atoms with Crippen LogP contribution < -0.4 is 31.3 Å². The molecule has 0 bridgehead atoms. The highest BCUT2D eigenvalue weighted by Crippen LogP contribution is 2.29. The normalized spacial score (nSPS) is 11.5. The predicted octanol–water partition coefficient (Wildman–Crippen LogP) is 1.80. The van der Waals surface area contributed by atoms with Gasteiger partial charge in [-0.3, -0.25) is 10.1 Å². The molecule has 2 aromatic carbocycles. The fraction of sp³-hybridized carbons (Fsp3) is 0.208. The number of aryl methyl sites for hydroxylation is 1. The molecule has 208 valence electrons. The first-order chi connectivity index (χ1) is 18.4. The Hall–Kier alpha value is -2.86. The smallest absolute Gasteiger partial charge is 0.485 e. The standard InChI is InChI=1S/C23H20IN3O3S.CHF3O3S/c1-3-29-14-30-18-9-11-19-21(12-18)31-23(26-19)27-22(28)20-10-8-17(13-25-20)24-16-6-4-15(2)5-7-16;2-1(3,4)8(5,6)7/h4-13H,3,14H2,1-2H3;(H,5,6,7). The van der Waals surface area contributed by atoms with Gasteiger partial charge < -0.3 is 14.0 Å². The van der Waals surface area contributed by atoms with E-state index >= 15 is 0 Å². The Labute approximate surface area is 236 Å². The van der Waals surface area contributed by atoms with Crippen molar-refractivity contribution in [3.05, 3.63) is 79.2 Å². The number of halogens is 4. The fourth-order valence-corrected chi connectivity index (χ4v) is 5.66. The third-order valence-electron chi connectivity index (χ3n) is 4.57. The van der Waals surface area contributed by atoms with Crippen molar-refractivity contribution < 1.29 is 61.6 Å². The lowest BCUT2D eigenvalue weighted by atomic mass is 10.2. The molecule has 0 atom stereocenters. The minimum Gasteiger partial charge on any atom is -0.741 e. The third kappa shape index (κ3) is 9.38. The molecule has 0 spiro atoms. The third-order valence-corrected chi connectivity index (χ3v) is 8.67. The first kappa shape index (κ1) is 30.7. The van der Waals surface area contributed by atoms with Gasteiger partial charge in [-0.2, -0.15) is 13.2 Å². The Kier molecular flexibility index (Phi) is 10.6. The maximum absolute atomic E-state index is 12.6. The molecule has 15 heteroatoms. The SMILES string of the molecule is CCOCOc1ccc2nc(NC(=O)c3ccc([I+]c4ccc(C)cc4)cn3)sc2c1.O=S(=O)([O-])C(F)(F)F. The number of anilines is 1. The molecule has 4 aromatic rings. The van der Waals surface area contributed by atoms with Gasteiger partial charge in [0.2, 0.25) is 3.57 Å². The van der Waals surface area contributed by atoms with Gasteiger partial charge in [-0.25, -0.2) is 18.4 Å². The highest BCUT2D eigenvalue weighted by Gasteiger charge is 2.36. The fourth-order valence-electron chi connectivity index (χ4n) is 2.69. The first-order valence-corrected chi connectivity index (χ1v) is 15.4. The number of hydrogen-bond donors (Lipinski definition) is 1. The monoisotopic (exact) mass is 695 g/mol. The van der Waals surface area contributed by atoms with Crippen molar-refractivity contribution in [2.45, 2.75) is 19.4 Å². The van der Waals surface area contributed by atoms with Crippen LogP contribution >= 0.6 is 11.3 Å². The van der Waals surface area contributed by atoms with E-state index in [0.717, 1.165) is 10.2 Å². The second-order valence-corrected chi connectivity index (χ2v) is 12.9. The van der Waals surface area contributed by atoms with E-state index in [0.29, 0.717) is 23.2 Å². The number of fused-ring (bicyclic) bond motifs is 1. The molecule has 0 saturated heterocycles. The predicted molar refractivity (Wildman–Crippen MR) is 133 cm³/mol. The summed E-state index contributed by atoms with van der Waals surface area (Å²) in [7, 11) is -6.09. The van der Waals surface area contributed by atoms with Gasteiger partial charge in [0.25, 0.3) is 5.91 Å². The van der Waals surface area contributed by atoms with Crippen LogP contribution in [0.3, 0.4) is 0 Å². The van der Waals surface area contributed by atoms with Crippen molar-refractivity contribution in [1.29, 1.82) is 0 Å². The molecule has 1 N–H and O–H groups in total. The Balaban J connectivity index is 0.000000459. The van der Waals surface area contributed by atoms with E-state index in [2.05, 4.69) is 46.5 Å². The van der Waals surface area contributed by atoms with Crippen LogP contribution in [0.15, 0.2) is 60.8 Å². The molecule has 39 heavy (non-hydrogen) atoms. The number of amides is 1. The van der Waals surface area contributed by atoms with E-state index < -0.39 is 15.6 Å². The van der Waals surface area contributed by atoms with Gasteiger partial charge in [0, 0.05) is 6.61 Å². The summed E-state index contributed by atoms with van der Waals surface area (Å²) in [6.07, 6.45) is 1.79. The van der Waals surface area contributed by atoms with Gasteiger partial charge in [0.15, 0.2) is 25.6 Å². The molecule has 9 nitrogen and oxygen atoms in total. The van der Waals surface area contributed by atoms with E-state index in [4.69, 9.17) is 22.4 Å². The number of carbonyl (C=O) groups excluding carboxylic acids is 1. The van der Waals surface area contributed by atoms with Crippen LogP contribution in [0.5, 0.6) is 5.75 Å². The highest BCUT2D eigenvalue weighted by molar-refractivity contribution is 7.86. The van der Waals surface area contributed by atoms with Gasteiger partial charge in [-0.1, -0.05) is 29.0 Å². The average Bonchev–Trinajstić information content (AvgIpc) is 3.27. The van der Waals surface area contributed by atoms with Gasteiger partial charge >= 0.3 is 26.7 Å². The van der Waals surface area contributed by atoms with Crippen LogP contribution in [0.25, 0.3) is 10.2 Å². The van der Waals surface area contributed by atoms with E-state index in [1.54, 1.807) is 12.3 Å². The van der Waals surface area contributed by atoms with Gasteiger partial charge in [-0.05, 0) is 56.3 Å². The molecule has 2 heterocycles. The van der Waals surface area contributed by atoms with Crippen LogP contribution in [-0.4, -0.2) is 47.8 Å². The summed E-state index contributed by atoms with van der Waals surface area (Å²) in [6.45, 7) is 4.80. The summed E-state index contributed by atoms with van der Waals surface area (Å²) >= 11 is 1.08. The van der Waals surface area contributed by atoms with E-state index in [9.17, 15) is 18.0 Å². The molecule has 1 amide bonds. The molecule has 0 saturated carbocycles. The first-order valence-electron chi connectivity index (χ1n) is 11.0. The number of rotatable bonds is 8. The van der Waals surface area contributed by atoms with Crippen molar-refractivity contribution in [2.75, 3.05) is 18.7 Å². The Morgan fingerprint density at radius 1 is 1.10 bits per heavy atom. The van der Waals surface area contributed by atoms with Gasteiger partial charge in [-0.15, -0.1) is 0 Å². The number of aromatic nitrogens is 2. The number of alkyl halides is 3. The highest BCUT2D eigenvalue weighted by atomic mass is 127. The molecule has 0 fully saturated rings. The van der Waals surface area contributed by atoms with Crippen LogP contribution in [0.1, 0.15) is 23.0 Å². The summed E-state index contributed by atoms with van der Waals surface area (Å²) < 4.78 is 73.1. The minimum atomic E-state index is -6.09. The van der Waals surface area contributed by atoms with Crippen molar-refractivity contribution >= 4 is 42.7 Å². The van der Waals surface area contributed by atoms with E-state index in [1.165, 1.54) is 24.0 Å².